The highest BCUT2D eigenvalue weighted by Gasteiger charge is 2.25. The van der Waals surface area contributed by atoms with E-state index in [-0.39, 0.29) is 0 Å². The average Bonchev–Trinajstić information content (AvgIpc) is 2.54. The Morgan fingerprint density at radius 2 is 1.90 bits per heavy atom. The van der Waals surface area contributed by atoms with Crippen LogP contribution in [0.5, 0.6) is 5.75 Å². The van der Waals surface area contributed by atoms with Gasteiger partial charge in [0.15, 0.2) is 0 Å². The Labute approximate surface area is 128 Å². The molecule has 1 unspecified atom stereocenters. The monoisotopic (exact) mass is 291 g/mol. The molecule has 0 heterocycles. The molecule has 1 aliphatic carbocycles. The van der Waals surface area contributed by atoms with Crippen molar-refractivity contribution in [3.63, 3.8) is 0 Å². The molecule has 0 spiro atoms. The Hall–Kier alpha value is -1.06. The van der Waals surface area contributed by atoms with E-state index in [0.717, 1.165) is 17.2 Å². The zero-order valence-electron chi connectivity index (χ0n) is 13.6. The molecule has 0 radical (unpaired) electrons. The first-order chi connectivity index (χ1) is 10.2. The fourth-order valence-electron chi connectivity index (χ4n) is 3.46. The third-order valence-electron chi connectivity index (χ3n) is 4.98. The number of hydrogen-bond donors (Lipinski definition) is 1. The number of likely N-dealkylation sites (N-methyl/N-ethyl adjacent to an activating group) is 1. The van der Waals surface area contributed by atoms with Crippen molar-refractivity contribution in [3.8, 4) is 5.75 Å². The minimum atomic E-state index is -0.491. The van der Waals surface area contributed by atoms with E-state index >= 15 is 0 Å². The number of rotatable bonds is 6. The molecule has 2 rings (SSSR count). The lowest BCUT2D eigenvalue weighted by atomic mass is 9.84. The molecule has 0 aliphatic heterocycles. The molecule has 3 nitrogen and oxygen atoms in total. The molecular formula is C18H29NO2. The van der Waals surface area contributed by atoms with Crippen molar-refractivity contribution in [3.05, 3.63) is 29.8 Å². The van der Waals surface area contributed by atoms with Crippen LogP contribution in [0.15, 0.2) is 24.3 Å². The molecule has 1 fully saturated rings. The molecule has 1 aliphatic rings. The zero-order chi connectivity index (χ0) is 15.2. The summed E-state index contributed by atoms with van der Waals surface area (Å²) in [4.78, 5) is 2.32. The molecule has 1 saturated carbocycles. The normalized spacial score (nSPS) is 24.0. The van der Waals surface area contributed by atoms with Crippen molar-refractivity contribution in [1.29, 1.82) is 0 Å². The van der Waals surface area contributed by atoms with Crippen LogP contribution in [0.4, 0.5) is 0 Å². The second kappa shape index (κ2) is 7.81. The van der Waals surface area contributed by atoms with Crippen LogP contribution < -0.4 is 4.74 Å². The highest BCUT2D eigenvalue weighted by Crippen LogP contribution is 2.31. The van der Waals surface area contributed by atoms with Gasteiger partial charge in [0, 0.05) is 18.2 Å². The quantitative estimate of drug-likeness (QED) is 0.868. The summed E-state index contributed by atoms with van der Waals surface area (Å²) in [5.41, 5.74) is 0.883. The second-order valence-corrected chi connectivity index (χ2v) is 6.28. The van der Waals surface area contributed by atoms with Crippen molar-refractivity contribution in [1.82, 2.24) is 4.90 Å². The zero-order valence-corrected chi connectivity index (χ0v) is 13.6. The molecule has 1 aromatic rings. The molecule has 0 aromatic heterocycles. The highest BCUT2D eigenvalue weighted by atomic mass is 16.5. The van der Waals surface area contributed by atoms with Crippen LogP contribution in [-0.4, -0.2) is 36.8 Å². The molecule has 3 heteroatoms. The van der Waals surface area contributed by atoms with Gasteiger partial charge < -0.3 is 14.7 Å². The number of hydrogen-bond acceptors (Lipinski definition) is 3. The summed E-state index contributed by atoms with van der Waals surface area (Å²) in [6.45, 7) is 2.96. The predicted molar refractivity (Wildman–Crippen MR) is 86.6 cm³/mol. The van der Waals surface area contributed by atoms with Gasteiger partial charge in [0.1, 0.15) is 5.75 Å². The lowest BCUT2D eigenvalue weighted by molar-refractivity contribution is 0.0825. The van der Waals surface area contributed by atoms with E-state index in [9.17, 15) is 5.11 Å². The lowest BCUT2D eigenvalue weighted by Gasteiger charge is -2.35. The minimum absolute atomic E-state index is 0.491. The minimum Gasteiger partial charge on any atom is -0.496 e. The van der Waals surface area contributed by atoms with E-state index in [1.54, 1.807) is 7.11 Å². The number of aliphatic hydroxyl groups excluding tert-OH is 1. The van der Waals surface area contributed by atoms with Gasteiger partial charge in [0.25, 0.3) is 0 Å². The summed E-state index contributed by atoms with van der Waals surface area (Å²) in [5.74, 6) is 1.68. The molecule has 21 heavy (non-hydrogen) atoms. The Morgan fingerprint density at radius 1 is 1.24 bits per heavy atom. The first-order valence-corrected chi connectivity index (χ1v) is 8.16. The van der Waals surface area contributed by atoms with Gasteiger partial charge in [-0.15, -0.1) is 0 Å². The summed E-state index contributed by atoms with van der Waals surface area (Å²) >= 11 is 0. The summed E-state index contributed by atoms with van der Waals surface area (Å²) in [6, 6.07) is 8.35. The molecule has 118 valence electrons. The highest BCUT2D eigenvalue weighted by molar-refractivity contribution is 5.35. The van der Waals surface area contributed by atoms with Gasteiger partial charge in [0.2, 0.25) is 0 Å². The molecule has 1 N–H and O–H groups in total. The maximum Gasteiger partial charge on any atom is 0.124 e. The van der Waals surface area contributed by atoms with E-state index in [1.807, 2.05) is 24.3 Å². The van der Waals surface area contributed by atoms with Crippen molar-refractivity contribution in [2.45, 2.75) is 51.2 Å². The van der Waals surface area contributed by atoms with Crippen LogP contribution in [0.3, 0.4) is 0 Å². The molecular weight excluding hydrogens is 262 g/mol. The van der Waals surface area contributed by atoms with Crippen LogP contribution in [0, 0.1) is 5.92 Å². The number of methoxy groups -OCH3 is 1. The fraction of sp³-hybridized carbons (Fsp3) is 0.667. The number of para-hydroxylation sites is 1. The summed E-state index contributed by atoms with van der Waals surface area (Å²) < 4.78 is 5.34. The summed E-state index contributed by atoms with van der Waals surface area (Å²) in [5, 5.41) is 10.5. The van der Waals surface area contributed by atoms with Crippen LogP contribution in [0.25, 0.3) is 0 Å². The fourth-order valence-corrected chi connectivity index (χ4v) is 3.46. The van der Waals surface area contributed by atoms with Crippen molar-refractivity contribution < 1.29 is 9.84 Å². The van der Waals surface area contributed by atoms with E-state index in [0.29, 0.717) is 12.6 Å². The molecule has 0 saturated heterocycles. The van der Waals surface area contributed by atoms with Gasteiger partial charge >= 0.3 is 0 Å². The number of aliphatic hydroxyl groups is 1. The Kier molecular flexibility index (Phi) is 6.07. The van der Waals surface area contributed by atoms with Crippen molar-refractivity contribution in [2.24, 2.45) is 5.92 Å². The lowest BCUT2D eigenvalue weighted by Crippen LogP contribution is -2.37. The summed E-state index contributed by atoms with van der Waals surface area (Å²) in [6.07, 6.45) is 5.99. The third-order valence-corrected chi connectivity index (χ3v) is 4.98. The topological polar surface area (TPSA) is 32.7 Å². The first-order valence-electron chi connectivity index (χ1n) is 8.16. The number of ether oxygens (including phenoxy) is 1. The van der Waals surface area contributed by atoms with E-state index in [1.165, 1.54) is 32.1 Å². The number of nitrogens with zero attached hydrogens (tertiary/aromatic N) is 1. The average molecular weight is 291 g/mol. The molecule has 0 amide bonds. The largest absolute Gasteiger partial charge is 0.496 e. The first kappa shape index (κ1) is 16.3. The van der Waals surface area contributed by atoms with Crippen LogP contribution >= 0.6 is 0 Å². The maximum atomic E-state index is 10.5. The van der Waals surface area contributed by atoms with E-state index in [4.69, 9.17) is 4.74 Å². The SMILES string of the molecule is CCC1CCC(N(C)CC(O)c2ccccc2OC)CC1. The van der Waals surface area contributed by atoms with Gasteiger partial charge in [-0.25, -0.2) is 0 Å². The smallest absolute Gasteiger partial charge is 0.124 e. The second-order valence-electron chi connectivity index (χ2n) is 6.28. The van der Waals surface area contributed by atoms with Gasteiger partial charge in [0.05, 0.1) is 13.2 Å². The Balaban J connectivity index is 1.91. The molecule has 0 bridgehead atoms. The Morgan fingerprint density at radius 3 is 2.52 bits per heavy atom. The maximum absolute atomic E-state index is 10.5. The van der Waals surface area contributed by atoms with Gasteiger partial charge in [-0.05, 0) is 44.7 Å². The standard InChI is InChI=1S/C18H29NO2/c1-4-14-9-11-15(12-10-14)19(2)13-17(20)16-7-5-6-8-18(16)21-3/h5-8,14-15,17,20H,4,9-13H2,1-3H3. The molecule has 1 atom stereocenters. The predicted octanol–water partition coefficient (Wildman–Crippen LogP) is 3.63. The van der Waals surface area contributed by atoms with Crippen LogP contribution in [0.2, 0.25) is 0 Å². The van der Waals surface area contributed by atoms with E-state index in [2.05, 4.69) is 18.9 Å². The van der Waals surface area contributed by atoms with Gasteiger partial charge in [-0.1, -0.05) is 31.5 Å². The van der Waals surface area contributed by atoms with Crippen molar-refractivity contribution in [2.75, 3.05) is 20.7 Å². The molecule has 1 aromatic carbocycles. The van der Waals surface area contributed by atoms with Crippen LogP contribution in [-0.2, 0) is 0 Å². The van der Waals surface area contributed by atoms with E-state index < -0.39 is 6.10 Å². The summed E-state index contributed by atoms with van der Waals surface area (Å²) in [7, 11) is 3.79. The Bertz CT molecular complexity index is 427. The van der Waals surface area contributed by atoms with Crippen LogP contribution in [0.1, 0.15) is 50.7 Å². The van der Waals surface area contributed by atoms with Gasteiger partial charge in [-0.2, -0.15) is 0 Å². The van der Waals surface area contributed by atoms with Crippen molar-refractivity contribution >= 4 is 0 Å². The third kappa shape index (κ3) is 4.21. The van der Waals surface area contributed by atoms with Gasteiger partial charge in [-0.3, -0.25) is 0 Å². The number of benzene rings is 1.